The number of carbonyl (C=O) groups is 1. The van der Waals surface area contributed by atoms with Crippen molar-refractivity contribution in [1.29, 1.82) is 0 Å². The van der Waals surface area contributed by atoms with Crippen LogP contribution in [0.15, 0.2) is 36.4 Å². The molecule has 1 aliphatic rings. The van der Waals surface area contributed by atoms with Gasteiger partial charge >= 0.3 is 5.97 Å². The molecule has 1 unspecified atom stereocenters. The van der Waals surface area contributed by atoms with Gasteiger partial charge in [-0.15, -0.1) is 0 Å². The van der Waals surface area contributed by atoms with Gasteiger partial charge in [-0.1, -0.05) is 30.3 Å². The number of carboxylic acids is 1. The van der Waals surface area contributed by atoms with Gasteiger partial charge in [-0.3, -0.25) is 4.90 Å². The zero-order chi connectivity index (χ0) is 11.5. The Labute approximate surface area is 95.0 Å². The monoisotopic (exact) mass is 217 g/mol. The number of aliphatic carboxylic acids is 1. The van der Waals surface area contributed by atoms with Crippen molar-refractivity contribution in [2.24, 2.45) is 0 Å². The van der Waals surface area contributed by atoms with Crippen molar-refractivity contribution in [3.8, 4) is 0 Å². The van der Waals surface area contributed by atoms with Crippen molar-refractivity contribution in [2.45, 2.75) is 12.5 Å². The lowest BCUT2D eigenvalue weighted by Gasteiger charge is -2.32. The summed E-state index contributed by atoms with van der Waals surface area (Å²) in [4.78, 5) is 12.7. The van der Waals surface area contributed by atoms with Crippen LogP contribution in [-0.4, -0.2) is 29.6 Å². The van der Waals surface area contributed by atoms with Crippen molar-refractivity contribution < 1.29 is 9.90 Å². The summed E-state index contributed by atoms with van der Waals surface area (Å²) in [7, 11) is 2.02. The van der Waals surface area contributed by atoms with Crippen molar-refractivity contribution in [1.82, 2.24) is 4.90 Å². The zero-order valence-electron chi connectivity index (χ0n) is 9.26. The summed E-state index contributed by atoms with van der Waals surface area (Å²) in [6, 6.07) is 8.30. The van der Waals surface area contributed by atoms with Crippen molar-refractivity contribution in [2.75, 3.05) is 13.6 Å². The summed E-state index contributed by atoms with van der Waals surface area (Å²) in [6.45, 7) is 0.964. The fourth-order valence-electron chi connectivity index (χ4n) is 2.15. The van der Waals surface area contributed by atoms with Gasteiger partial charge in [0, 0.05) is 12.6 Å². The van der Waals surface area contributed by atoms with Gasteiger partial charge in [0.25, 0.3) is 0 Å². The summed E-state index contributed by atoms with van der Waals surface area (Å²) >= 11 is 0. The Hall–Kier alpha value is -1.61. The molecule has 0 saturated heterocycles. The van der Waals surface area contributed by atoms with Crippen molar-refractivity contribution in [3.63, 3.8) is 0 Å². The first-order valence-corrected chi connectivity index (χ1v) is 5.37. The number of fused-ring (bicyclic) bond motifs is 1. The normalized spacial score (nSPS) is 20.9. The molecule has 16 heavy (non-hydrogen) atoms. The average molecular weight is 217 g/mol. The third-order valence-electron chi connectivity index (χ3n) is 3.00. The van der Waals surface area contributed by atoms with Gasteiger partial charge in [0.1, 0.15) is 0 Å². The lowest BCUT2D eigenvalue weighted by Crippen LogP contribution is -2.31. The molecule has 0 spiro atoms. The third kappa shape index (κ3) is 2.14. The minimum Gasteiger partial charge on any atom is -0.478 e. The van der Waals surface area contributed by atoms with Gasteiger partial charge in [-0.25, -0.2) is 4.79 Å². The fourth-order valence-corrected chi connectivity index (χ4v) is 2.15. The lowest BCUT2D eigenvalue weighted by atomic mass is 9.93. The molecule has 3 heteroatoms. The highest BCUT2D eigenvalue weighted by atomic mass is 16.4. The Morgan fingerprint density at radius 3 is 3.00 bits per heavy atom. The molecule has 1 heterocycles. The second-order valence-electron chi connectivity index (χ2n) is 4.07. The van der Waals surface area contributed by atoms with Crippen LogP contribution in [0.1, 0.15) is 17.2 Å². The maximum absolute atomic E-state index is 10.6. The second kappa shape index (κ2) is 4.49. The Kier molecular flexibility index (Phi) is 3.06. The second-order valence-corrected chi connectivity index (χ2v) is 4.07. The van der Waals surface area contributed by atoms with E-state index in [1.165, 1.54) is 17.2 Å². The van der Waals surface area contributed by atoms with Crippen LogP contribution in [0.5, 0.6) is 0 Å². The standard InChI is InChI=1S/C13H15NO2/c1-14-9-8-10-4-2-3-5-11(10)12(14)6-7-13(15)16/h2-7,12H,8-9H2,1H3,(H,15,16)/b7-6+. The van der Waals surface area contributed by atoms with E-state index in [9.17, 15) is 4.79 Å². The number of benzene rings is 1. The molecule has 1 aromatic rings. The van der Waals surface area contributed by atoms with E-state index in [0.717, 1.165) is 13.0 Å². The van der Waals surface area contributed by atoms with Crippen LogP contribution in [0.4, 0.5) is 0 Å². The van der Waals surface area contributed by atoms with Gasteiger partial charge < -0.3 is 5.11 Å². The van der Waals surface area contributed by atoms with E-state index >= 15 is 0 Å². The molecule has 2 rings (SSSR count). The first-order chi connectivity index (χ1) is 7.68. The molecule has 1 aromatic carbocycles. The van der Waals surface area contributed by atoms with Crippen molar-refractivity contribution >= 4 is 5.97 Å². The molecule has 0 fully saturated rings. The van der Waals surface area contributed by atoms with E-state index in [-0.39, 0.29) is 6.04 Å². The summed E-state index contributed by atoms with van der Waals surface area (Å²) in [6.07, 6.45) is 4.01. The third-order valence-corrected chi connectivity index (χ3v) is 3.00. The quantitative estimate of drug-likeness (QED) is 0.769. The minimum absolute atomic E-state index is 0.0843. The predicted molar refractivity (Wildman–Crippen MR) is 62.3 cm³/mol. The first-order valence-electron chi connectivity index (χ1n) is 5.37. The minimum atomic E-state index is -0.892. The highest BCUT2D eigenvalue weighted by Crippen LogP contribution is 2.29. The van der Waals surface area contributed by atoms with Gasteiger partial charge in [0.2, 0.25) is 0 Å². The number of nitrogens with zero attached hydrogens (tertiary/aromatic N) is 1. The van der Waals surface area contributed by atoms with E-state index in [0.29, 0.717) is 0 Å². The SMILES string of the molecule is CN1CCc2ccccc2C1/C=C/C(=O)O. The fraction of sp³-hybridized carbons (Fsp3) is 0.308. The first kappa shape index (κ1) is 10.9. The van der Waals surface area contributed by atoms with Crippen LogP contribution < -0.4 is 0 Å². The molecule has 1 N–H and O–H groups in total. The van der Waals surface area contributed by atoms with Crippen LogP contribution in [0.2, 0.25) is 0 Å². The summed E-state index contributed by atoms with van der Waals surface area (Å²) in [5.74, 6) is -0.892. The Bertz CT molecular complexity index is 426. The number of likely N-dealkylation sites (N-methyl/N-ethyl adjacent to an activating group) is 1. The zero-order valence-corrected chi connectivity index (χ0v) is 9.26. The van der Waals surface area contributed by atoms with Gasteiger partial charge in [0.15, 0.2) is 0 Å². The number of carboxylic acid groups (broad SMARTS) is 1. The number of rotatable bonds is 2. The van der Waals surface area contributed by atoms with Crippen LogP contribution >= 0.6 is 0 Å². The highest BCUT2D eigenvalue weighted by molar-refractivity contribution is 5.79. The molecule has 1 atom stereocenters. The topological polar surface area (TPSA) is 40.5 Å². The molecule has 0 saturated carbocycles. The van der Waals surface area contributed by atoms with Gasteiger partial charge in [-0.2, -0.15) is 0 Å². The van der Waals surface area contributed by atoms with Crippen LogP contribution in [-0.2, 0) is 11.2 Å². The van der Waals surface area contributed by atoms with E-state index in [2.05, 4.69) is 17.0 Å². The molecule has 0 radical (unpaired) electrons. The van der Waals surface area contributed by atoms with Gasteiger partial charge in [0.05, 0.1) is 6.04 Å². The summed E-state index contributed by atoms with van der Waals surface area (Å²) in [5.41, 5.74) is 2.54. The molecule has 84 valence electrons. The highest BCUT2D eigenvalue weighted by Gasteiger charge is 2.21. The van der Waals surface area contributed by atoms with Crippen molar-refractivity contribution in [3.05, 3.63) is 47.5 Å². The van der Waals surface area contributed by atoms with Crippen LogP contribution in [0, 0.1) is 0 Å². The molecule has 0 bridgehead atoms. The smallest absolute Gasteiger partial charge is 0.328 e. The average Bonchev–Trinajstić information content (AvgIpc) is 2.27. The number of hydrogen-bond donors (Lipinski definition) is 1. The molecular weight excluding hydrogens is 202 g/mol. The summed E-state index contributed by atoms with van der Waals surface area (Å²) in [5, 5.41) is 8.67. The lowest BCUT2D eigenvalue weighted by molar-refractivity contribution is -0.131. The van der Waals surface area contributed by atoms with E-state index in [4.69, 9.17) is 5.11 Å². The Morgan fingerprint density at radius 1 is 1.50 bits per heavy atom. The van der Waals surface area contributed by atoms with E-state index < -0.39 is 5.97 Å². The van der Waals surface area contributed by atoms with Crippen LogP contribution in [0.25, 0.3) is 0 Å². The van der Waals surface area contributed by atoms with Crippen LogP contribution in [0.3, 0.4) is 0 Å². The molecule has 0 amide bonds. The van der Waals surface area contributed by atoms with E-state index in [1.54, 1.807) is 6.08 Å². The van der Waals surface area contributed by atoms with E-state index in [1.807, 2.05) is 19.2 Å². The maximum Gasteiger partial charge on any atom is 0.328 e. The summed E-state index contributed by atoms with van der Waals surface area (Å²) < 4.78 is 0. The molecule has 1 aliphatic heterocycles. The predicted octanol–water partition coefficient (Wildman–Crippen LogP) is 1.86. The molecular formula is C13H15NO2. The Morgan fingerprint density at radius 2 is 2.25 bits per heavy atom. The molecule has 3 nitrogen and oxygen atoms in total. The molecule has 0 aliphatic carbocycles. The van der Waals surface area contributed by atoms with Gasteiger partial charge in [-0.05, 0) is 24.6 Å². The Balaban J connectivity index is 2.33. The largest absolute Gasteiger partial charge is 0.478 e. The molecule has 0 aromatic heterocycles. The maximum atomic E-state index is 10.6. The number of hydrogen-bond acceptors (Lipinski definition) is 2.